The van der Waals surface area contributed by atoms with Gasteiger partial charge in [-0.2, -0.15) is 0 Å². The maximum absolute atomic E-state index is 12.1. The number of nitrogens with zero attached hydrogens (tertiary/aromatic N) is 4. The van der Waals surface area contributed by atoms with Crippen LogP contribution in [0.1, 0.15) is 15.4 Å². The number of aromatic nitrogens is 4. The lowest BCUT2D eigenvalue weighted by Crippen LogP contribution is -2.12. The van der Waals surface area contributed by atoms with Gasteiger partial charge < -0.3 is 11.1 Å². The summed E-state index contributed by atoms with van der Waals surface area (Å²) in [5.41, 5.74) is 6.82. The molecule has 0 bridgehead atoms. The van der Waals surface area contributed by atoms with Crippen LogP contribution in [0.3, 0.4) is 0 Å². The van der Waals surface area contributed by atoms with E-state index >= 15 is 0 Å². The van der Waals surface area contributed by atoms with Gasteiger partial charge in [0.25, 0.3) is 5.91 Å². The lowest BCUT2D eigenvalue weighted by Gasteiger charge is -2.05. The molecule has 7 nitrogen and oxygen atoms in total. The monoisotopic (exact) mass is 300 g/mol. The molecule has 0 fully saturated rings. The number of imidazole rings is 1. The zero-order chi connectivity index (χ0) is 14.8. The number of aryl methyl sites for hydroxylation is 1. The van der Waals surface area contributed by atoms with Crippen molar-refractivity contribution in [2.75, 3.05) is 11.1 Å². The number of thiazole rings is 1. The van der Waals surface area contributed by atoms with E-state index < -0.39 is 0 Å². The molecular weight excluding hydrogens is 288 g/mol. The first-order valence-corrected chi connectivity index (χ1v) is 6.94. The average Bonchev–Trinajstić information content (AvgIpc) is 3.09. The standard InChI is InChI=1S/C13H12N6OS/c1-8-11(21-13(14)17-8)12(20)18-9-2-3-10(16-6-9)19-5-4-15-7-19/h2-7H,1H3,(H2,14,17)(H,18,20). The van der Waals surface area contributed by atoms with E-state index in [2.05, 4.69) is 20.3 Å². The van der Waals surface area contributed by atoms with E-state index in [1.807, 2.05) is 0 Å². The Morgan fingerprint density at radius 1 is 1.43 bits per heavy atom. The molecular formula is C13H12N6OS. The van der Waals surface area contributed by atoms with Crippen LogP contribution in [-0.4, -0.2) is 25.4 Å². The SMILES string of the molecule is Cc1nc(N)sc1C(=O)Nc1ccc(-n2ccnc2)nc1. The minimum absolute atomic E-state index is 0.237. The van der Waals surface area contributed by atoms with Gasteiger partial charge in [-0.15, -0.1) is 0 Å². The topological polar surface area (TPSA) is 98.7 Å². The number of hydrogen-bond donors (Lipinski definition) is 2. The number of amides is 1. The second-order valence-electron chi connectivity index (χ2n) is 4.30. The molecule has 3 aromatic rings. The van der Waals surface area contributed by atoms with Crippen LogP contribution >= 0.6 is 11.3 Å². The largest absolute Gasteiger partial charge is 0.375 e. The van der Waals surface area contributed by atoms with Gasteiger partial charge >= 0.3 is 0 Å². The Morgan fingerprint density at radius 2 is 2.29 bits per heavy atom. The molecule has 0 aromatic carbocycles. The van der Waals surface area contributed by atoms with Gasteiger partial charge in [0, 0.05) is 12.4 Å². The summed E-state index contributed by atoms with van der Waals surface area (Å²) >= 11 is 1.16. The molecule has 0 radical (unpaired) electrons. The van der Waals surface area contributed by atoms with Crippen molar-refractivity contribution >= 4 is 28.1 Å². The number of rotatable bonds is 3. The molecule has 8 heteroatoms. The van der Waals surface area contributed by atoms with Crippen molar-refractivity contribution in [1.82, 2.24) is 19.5 Å². The van der Waals surface area contributed by atoms with Crippen LogP contribution in [0.5, 0.6) is 0 Å². The Hall–Kier alpha value is -2.74. The van der Waals surface area contributed by atoms with Crippen molar-refractivity contribution in [3.63, 3.8) is 0 Å². The van der Waals surface area contributed by atoms with Crippen molar-refractivity contribution in [1.29, 1.82) is 0 Å². The first-order valence-electron chi connectivity index (χ1n) is 6.12. The van der Waals surface area contributed by atoms with Crippen molar-refractivity contribution in [2.24, 2.45) is 0 Å². The molecule has 0 unspecified atom stereocenters. The summed E-state index contributed by atoms with van der Waals surface area (Å²) in [4.78, 5) is 24.9. The Kier molecular flexibility index (Phi) is 3.36. The number of nitrogen functional groups attached to an aromatic ring is 1. The van der Waals surface area contributed by atoms with E-state index in [1.165, 1.54) is 0 Å². The third-order valence-electron chi connectivity index (χ3n) is 2.79. The molecule has 0 spiro atoms. The summed E-state index contributed by atoms with van der Waals surface area (Å²) in [5, 5.41) is 3.15. The van der Waals surface area contributed by atoms with Crippen LogP contribution in [-0.2, 0) is 0 Å². The fourth-order valence-corrected chi connectivity index (χ4v) is 2.55. The number of anilines is 2. The van der Waals surface area contributed by atoms with Crippen LogP contribution in [0.15, 0.2) is 37.1 Å². The van der Waals surface area contributed by atoms with Crippen LogP contribution in [0.25, 0.3) is 5.82 Å². The maximum atomic E-state index is 12.1. The summed E-state index contributed by atoms with van der Waals surface area (Å²) in [6.45, 7) is 1.75. The molecule has 0 saturated carbocycles. The van der Waals surface area contributed by atoms with E-state index in [0.29, 0.717) is 21.4 Å². The van der Waals surface area contributed by atoms with Crippen LogP contribution in [0.2, 0.25) is 0 Å². The Balaban J connectivity index is 1.76. The highest BCUT2D eigenvalue weighted by Gasteiger charge is 2.14. The molecule has 0 atom stereocenters. The first-order chi connectivity index (χ1) is 10.1. The summed E-state index contributed by atoms with van der Waals surface area (Å²) in [6, 6.07) is 3.57. The fraction of sp³-hybridized carbons (Fsp3) is 0.0769. The Bertz CT molecular complexity index is 763. The van der Waals surface area contributed by atoms with E-state index in [0.717, 1.165) is 17.2 Å². The highest BCUT2D eigenvalue weighted by molar-refractivity contribution is 7.17. The molecule has 0 aliphatic carbocycles. The van der Waals surface area contributed by atoms with Gasteiger partial charge in [-0.25, -0.2) is 15.0 Å². The van der Waals surface area contributed by atoms with E-state index in [1.54, 1.807) is 48.5 Å². The van der Waals surface area contributed by atoms with Gasteiger partial charge in [0.05, 0.1) is 17.6 Å². The maximum Gasteiger partial charge on any atom is 0.267 e. The van der Waals surface area contributed by atoms with E-state index in [9.17, 15) is 4.79 Å². The second-order valence-corrected chi connectivity index (χ2v) is 5.33. The van der Waals surface area contributed by atoms with E-state index in [4.69, 9.17) is 5.73 Å². The third-order valence-corrected chi connectivity index (χ3v) is 3.78. The predicted molar refractivity (Wildman–Crippen MR) is 80.6 cm³/mol. The molecule has 106 valence electrons. The van der Waals surface area contributed by atoms with Gasteiger partial charge in [0.2, 0.25) is 0 Å². The smallest absolute Gasteiger partial charge is 0.267 e. The zero-order valence-electron chi connectivity index (χ0n) is 11.1. The molecule has 0 aliphatic heterocycles. The number of nitrogens with one attached hydrogen (secondary N) is 1. The molecule has 1 amide bonds. The zero-order valence-corrected chi connectivity index (χ0v) is 12.0. The fourth-order valence-electron chi connectivity index (χ4n) is 1.82. The summed E-state index contributed by atoms with van der Waals surface area (Å²) < 4.78 is 1.78. The molecule has 0 saturated heterocycles. The summed E-state index contributed by atoms with van der Waals surface area (Å²) in [5.74, 6) is 0.489. The quantitative estimate of drug-likeness (QED) is 0.769. The predicted octanol–water partition coefficient (Wildman–Crippen LogP) is 1.87. The molecule has 3 heterocycles. The third kappa shape index (κ3) is 2.75. The van der Waals surface area contributed by atoms with Gasteiger partial charge in [-0.3, -0.25) is 9.36 Å². The lowest BCUT2D eigenvalue weighted by atomic mass is 10.3. The first kappa shape index (κ1) is 13.3. The van der Waals surface area contributed by atoms with Gasteiger partial charge in [0.15, 0.2) is 5.13 Å². The summed E-state index contributed by atoms with van der Waals surface area (Å²) in [7, 11) is 0. The van der Waals surface area contributed by atoms with Gasteiger partial charge in [-0.05, 0) is 19.1 Å². The number of nitrogens with two attached hydrogens (primary N) is 1. The van der Waals surface area contributed by atoms with Gasteiger partial charge in [-0.1, -0.05) is 11.3 Å². The molecule has 21 heavy (non-hydrogen) atoms. The number of hydrogen-bond acceptors (Lipinski definition) is 6. The van der Waals surface area contributed by atoms with Crippen molar-refractivity contribution in [2.45, 2.75) is 6.92 Å². The minimum atomic E-state index is -0.237. The summed E-state index contributed by atoms with van der Waals surface area (Å²) in [6.07, 6.45) is 6.72. The molecule has 3 aromatic heterocycles. The molecule has 3 rings (SSSR count). The average molecular weight is 300 g/mol. The molecule has 3 N–H and O–H groups in total. The number of carbonyl (C=O) groups excluding carboxylic acids is 1. The van der Waals surface area contributed by atoms with Crippen molar-refractivity contribution in [3.8, 4) is 5.82 Å². The van der Waals surface area contributed by atoms with Crippen LogP contribution < -0.4 is 11.1 Å². The second kappa shape index (κ2) is 5.33. The van der Waals surface area contributed by atoms with E-state index in [-0.39, 0.29) is 5.91 Å². The Morgan fingerprint density at radius 3 is 2.86 bits per heavy atom. The number of pyridine rings is 1. The highest BCUT2D eigenvalue weighted by Crippen LogP contribution is 2.21. The Labute approximate surface area is 124 Å². The van der Waals surface area contributed by atoms with Crippen LogP contribution in [0, 0.1) is 6.92 Å². The van der Waals surface area contributed by atoms with Crippen molar-refractivity contribution in [3.05, 3.63) is 47.6 Å². The molecule has 0 aliphatic rings. The minimum Gasteiger partial charge on any atom is -0.375 e. The van der Waals surface area contributed by atoms with Crippen LogP contribution in [0.4, 0.5) is 10.8 Å². The normalized spacial score (nSPS) is 10.5. The van der Waals surface area contributed by atoms with Gasteiger partial charge in [0.1, 0.15) is 17.0 Å². The lowest BCUT2D eigenvalue weighted by molar-refractivity contribution is 0.103. The van der Waals surface area contributed by atoms with Crippen molar-refractivity contribution < 1.29 is 4.79 Å². The number of carbonyl (C=O) groups is 1. The highest BCUT2D eigenvalue weighted by atomic mass is 32.1.